The van der Waals surface area contributed by atoms with Crippen LogP contribution < -0.4 is 0 Å². The quantitative estimate of drug-likeness (QED) is 0.442. The van der Waals surface area contributed by atoms with Gasteiger partial charge in [-0.2, -0.15) is 0 Å². The van der Waals surface area contributed by atoms with Gasteiger partial charge in [0.05, 0.1) is 0 Å². The maximum atomic E-state index is 5.46. The molecule has 0 aliphatic rings. The van der Waals surface area contributed by atoms with Crippen molar-refractivity contribution in [2.24, 2.45) is 0 Å². The summed E-state index contributed by atoms with van der Waals surface area (Å²) >= 11 is 5.46. The third-order valence-electron chi connectivity index (χ3n) is 2.07. The van der Waals surface area contributed by atoms with Crippen LogP contribution in [-0.4, -0.2) is 0 Å². The first kappa shape index (κ1) is 13.3. The Kier molecular flexibility index (Phi) is 8.48. The monoisotopic (exact) mass is 210 g/mol. The number of hydrogen-bond donors (Lipinski definition) is 0. The van der Waals surface area contributed by atoms with Gasteiger partial charge in [0, 0.05) is 11.0 Å². The fourth-order valence-corrected chi connectivity index (χ4v) is 1.60. The lowest BCUT2D eigenvalue weighted by Crippen LogP contribution is -1.90. The van der Waals surface area contributed by atoms with Gasteiger partial charge in [0.25, 0.3) is 0 Å². The molecule has 0 atom stereocenters. The molecule has 0 spiro atoms. The first-order chi connectivity index (χ1) is 6.79. The van der Waals surface area contributed by atoms with Crippen molar-refractivity contribution in [1.29, 1.82) is 0 Å². The maximum Gasteiger partial charge on any atom is 0.00918 e. The Morgan fingerprint density at radius 1 is 1.29 bits per heavy atom. The van der Waals surface area contributed by atoms with E-state index in [9.17, 15) is 0 Å². The number of rotatable bonds is 6. The molecule has 0 unspecified atom stereocenters. The Morgan fingerprint density at radius 3 is 2.36 bits per heavy atom. The largest absolute Gasteiger partial charge is 0.103 e. The zero-order valence-electron chi connectivity index (χ0n) is 9.20. The van der Waals surface area contributed by atoms with Gasteiger partial charge in [0.15, 0.2) is 0 Å². The second-order valence-electron chi connectivity index (χ2n) is 3.29. The van der Waals surface area contributed by atoms with E-state index in [1.54, 1.807) is 0 Å². The fraction of sp³-hybridized carbons (Fsp3) is 0.538. The molecule has 0 heterocycles. The minimum atomic E-state index is 0.939. The first-order valence-electron chi connectivity index (χ1n) is 5.23. The molecule has 0 aliphatic carbocycles. The number of allylic oxidation sites excluding steroid dienone is 3. The van der Waals surface area contributed by atoms with Gasteiger partial charge in [-0.3, -0.25) is 0 Å². The topological polar surface area (TPSA) is 0 Å². The number of hydrogen-bond acceptors (Lipinski definition) is 0. The van der Waals surface area contributed by atoms with Crippen LogP contribution in [0.3, 0.4) is 0 Å². The van der Waals surface area contributed by atoms with Crippen LogP contribution in [0.2, 0.25) is 0 Å². The second-order valence-corrected chi connectivity index (χ2v) is 3.48. The van der Waals surface area contributed by atoms with Gasteiger partial charge < -0.3 is 0 Å². The van der Waals surface area contributed by atoms with Crippen molar-refractivity contribution in [2.45, 2.75) is 46.0 Å². The lowest BCUT2D eigenvalue weighted by atomic mass is 9.98. The summed E-state index contributed by atoms with van der Waals surface area (Å²) in [6.45, 7) is 8.11. The molecule has 0 saturated heterocycles. The van der Waals surface area contributed by atoms with Gasteiger partial charge in [0.2, 0.25) is 0 Å². The second kappa shape index (κ2) is 8.91. The molecular formula is C13H19Cl. The third-order valence-corrected chi connectivity index (χ3v) is 2.16. The molecule has 0 aromatic carbocycles. The molecule has 0 fully saturated rings. The number of halogens is 1. The standard InChI is InChI=1S/C13H19Cl/c1-4-7-12(8-5-2)13(9-6-3)10-11-14/h4H,1,5-9H2,2-3H3/b13-12-. The Labute approximate surface area is 93.0 Å². The molecule has 0 nitrogen and oxygen atoms in total. The molecule has 0 radical (unpaired) electrons. The highest BCUT2D eigenvalue weighted by atomic mass is 35.5. The van der Waals surface area contributed by atoms with Crippen molar-refractivity contribution in [1.82, 2.24) is 0 Å². The molecule has 78 valence electrons. The molecule has 1 heteroatoms. The van der Waals surface area contributed by atoms with Crippen LogP contribution in [0.5, 0.6) is 0 Å². The van der Waals surface area contributed by atoms with E-state index >= 15 is 0 Å². The maximum absolute atomic E-state index is 5.46. The van der Waals surface area contributed by atoms with E-state index in [0.29, 0.717) is 0 Å². The van der Waals surface area contributed by atoms with Crippen LogP contribution in [-0.2, 0) is 0 Å². The van der Waals surface area contributed by atoms with E-state index in [-0.39, 0.29) is 0 Å². The lowest BCUT2D eigenvalue weighted by molar-refractivity contribution is 0.837. The highest BCUT2D eigenvalue weighted by molar-refractivity contribution is 6.30. The Hall–Kier alpha value is -0.670. The molecule has 0 amide bonds. The SMILES string of the molecule is C=CC/C(CCC)=C(/C#CCl)CCC. The molecule has 0 N–H and O–H groups in total. The highest BCUT2D eigenvalue weighted by Crippen LogP contribution is 2.19. The van der Waals surface area contributed by atoms with Crippen molar-refractivity contribution in [3.8, 4) is 11.3 Å². The Balaban J connectivity index is 4.77. The predicted molar refractivity (Wildman–Crippen MR) is 65.3 cm³/mol. The van der Waals surface area contributed by atoms with Gasteiger partial charge in [-0.05, 0) is 30.9 Å². The third kappa shape index (κ3) is 5.14. The summed E-state index contributed by atoms with van der Waals surface area (Å²) in [7, 11) is 0. The van der Waals surface area contributed by atoms with Crippen molar-refractivity contribution >= 4 is 11.6 Å². The fourth-order valence-electron chi connectivity index (χ4n) is 1.49. The van der Waals surface area contributed by atoms with Gasteiger partial charge in [-0.1, -0.05) is 44.3 Å². The van der Waals surface area contributed by atoms with Crippen molar-refractivity contribution in [2.75, 3.05) is 0 Å². The minimum absolute atomic E-state index is 0.939. The van der Waals surface area contributed by atoms with Crippen LogP contribution in [0.15, 0.2) is 23.8 Å². The average molecular weight is 211 g/mol. The van der Waals surface area contributed by atoms with Gasteiger partial charge in [0.1, 0.15) is 0 Å². The van der Waals surface area contributed by atoms with E-state index in [1.165, 1.54) is 11.1 Å². The first-order valence-corrected chi connectivity index (χ1v) is 5.61. The summed E-state index contributed by atoms with van der Waals surface area (Å²) in [5, 5.41) is 2.48. The predicted octanol–water partition coefficient (Wildman–Crippen LogP) is 4.66. The molecule has 0 rings (SSSR count). The Bertz CT molecular complexity index is 250. The summed E-state index contributed by atoms with van der Waals surface area (Å²) in [6, 6.07) is 0. The molecule has 0 aromatic heterocycles. The lowest BCUT2D eigenvalue weighted by Gasteiger charge is -2.07. The van der Waals surface area contributed by atoms with E-state index in [1.807, 2.05) is 6.08 Å². The molecule has 14 heavy (non-hydrogen) atoms. The van der Waals surface area contributed by atoms with Crippen LogP contribution in [0.25, 0.3) is 0 Å². The van der Waals surface area contributed by atoms with E-state index < -0.39 is 0 Å². The van der Waals surface area contributed by atoms with E-state index in [4.69, 9.17) is 11.6 Å². The minimum Gasteiger partial charge on any atom is -0.103 e. The molecule has 0 bridgehead atoms. The summed E-state index contributed by atoms with van der Waals surface area (Å²) in [5.74, 6) is 3.00. The zero-order valence-corrected chi connectivity index (χ0v) is 9.95. The summed E-state index contributed by atoms with van der Waals surface area (Å²) in [6.07, 6.45) is 7.28. The van der Waals surface area contributed by atoms with Gasteiger partial charge in [-0.25, -0.2) is 0 Å². The van der Waals surface area contributed by atoms with Crippen molar-refractivity contribution in [3.05, 3.63) is 23.8 Å². The molecular weight excluding hydrogens is 192 g/mol. The van der Waals surface area contributed by atoms with Gasteiger partial charge >= 0.3 is 0 Å². The van der Waals surface area contributed by atoms with Crippen LogP contribution in [0.4, 0.5) is 0 Å². The normalized spacial score (nSPS) is 11.4. The van der Waals surface area contributed by atoms with E-state index in [0.717, 1.165) is 32.1 Å². The highest BCUT2D eigenvalue weighted by Gasteiger charge is 2.01. The molecule has 0 aliphatic heterocycles. The summed E-state index contributed by atoms with van der Waals surface area (Å²) < 4.78 is 0. The van der Waals surface area contributed by atoms with Crippen LogP contribution in [0.1, 0.15) is 46.0 Å². The smallest absolute Gasteiger partial charge is 0.00918 e. The van der Waals surface area contributed by atoms with Crippen molar-refractivity contribution in [3.63, 3.8) is 0 Å². The molecule has 0 saturated carbocycles. The van der Waals surface area contributed by atoms with Crippen molar-refractivity contribution < 1.29 is 0 Å². The van der Waals surface area contributed by atoms with Crippen LogP contribution >= 0.6 is 11.6 Å². The summed E-state index contributed by atoms with van der Waals surface area (Å²) in [4.78, 5) is 0. The summed E-state index contributed by atoms with van der Waals surface area (Å²) in [5.41, 5.74) is 2.61. The van der Waals surface area contributed by atoms with Gasteiger partial charge in [-0.15, -0.1) is 6.58 Å². The molecule has 0 aromatic rings. The average Bonchev–Trinajstić information content (AvgIpc) is 2.17. The van der Waals surface area contributed by atoms with Crippen LogP contribution in [0, 0.1) is 11.3 Å². The Morgan fingerprint density at radius 2 is 1.93 bits per heavy atom. The zero-order chi connectivity index (χ0) is 10.8. The van der Waals surface area contributed by atoms with E-state index in [2.05, 4.69) is 31.7 Å².